The Bertz CT molecular complexity index is 142. The highest BCUT2D eigenvalue weighted by molar-refractivity contribution is 4.66. The van der Waals surface area contributed by atoms with Crippen molar-refractivity contribution in [1.29, 1.82) is 0 Å². The van der Waals surface area contributed by atoms with Crippen LogP contribution in [0.2, 0.25) is 0 Å². The molecule has 1 fully saturated rings. The van der Waals surface area contributed by atoms with Crippen LogP contribution in [0.1, 0.15) is 64.2 Å². The highest BCUT2D eigenvalue weighted by atomic mass is 16.2. The minimum atomic E-state index is 0.357. The molecule has 1 saturated carbocycles. The van der Waals surface area contributed by atoms with Crippen molar-refractivity contribution >= 4 is 0 Å². The Kier molecular flexibility index (Phi) is 8.83. The number of hydrogen-bond donors (Lipinski definition) is 2. The molecule has 0 radical (unpaired) electrons. The summed E-state index contributed by atoms with van der Waals surface area (Å²) in [6.45, 7) is 2.76. The van der Waals surface area contributed by atoms with Gasteiger partial charge in [-0.05, 0) is 44.7 Å². The third-order valence-electron chi connectivity index (χ3n) is 3.67. The topological polar surface area (TPSA) is 32.3 Å². The maximum Gasteiger partial charge on any atom is 0.0431 e. The highest BCUT2D eigenvalue weighted by Gasteiger charge is 2.10. The zero-order valence-electron chi connectivity index (χ0n) is 10.7. The van der Waals surface area contributed by atoms with E-state index in [-0.39, 0.29) is 0 Å². The Balaban J connectivity index is 1.86. The van der Waals surface area contributed by atoms with Gasteiger partial charge in [-0.25, -0.2) is 0 Å². The molecule has 2 nitrogen and oxygen atoms in total. The SMILES string of the molecule is OCCCCCCNCC1CCCCCC1. The van der Waals surface area contributed by atoms with Gasteiger partial charge >= 0.3 is 0 Å². The molecule has 96 valence electrons. The number of hydrogen-bond acceptors (Lipinski definition) is 2. The van der Waals surface area contributed by atoms with E-state index in [4.69, 9.17) is 5.11 Å². The number of unbranched alkanes of at least 4 members (excludes halogenated alkanes) is 3. The van der Waals surface area contributed by atoms with Crippen molar-refractivity contribution in [1.82, 2.24) is 5.32 Å². The first kappa shape index (κ1) is 14.0. The summed E-state index contributed by atoms with van der Waals surface area (Å²) >= 11 is 0. The molecule has 0 aromatic rings. The molecule has 16 heavy (non-hydrogen) atoms. The van der Waals surface area contributed by atoms with Gasteiger partial charge in [0.1, 0.15) is 0 Å². The summed E-state index contributed by atoms with van der Waals surface area (Å²) in [7, 11) is 0. The Hall–Kier alpha value is -0.0800. The molecule has 0 aliphatic heterocycles. The second-order valence-electron chi connectivity index (χ2n) is 5.20. The maximum atomic E-state index is 8.65. The smallest absolute Gasteiger partial charge is 0.0431 e. The largest absolute Gasteiger partial charge is 0.396 e. The predicted molar refractivity (Wildman–Crippen MR) is 69.6 cm³/mol. The molecule has 0 saturated heterocycles. The van der Waals surface area contributed by atoms with E-state index >= 15 is 0 Å². The third-order valence-corrected chi connectivity index (χ3v) is 3.67. The van der Waals surface area contributed by atoms with Gasteiger partial charge in [-0.1, -0.05) is 38.5 Å². The van der Waals surface area contributed by atoms with Crippen molar-refractivity contribution < 1.29 is 5.11 Å². The van der Waals surface area contributed by atoms with Gasteiger partial charge in [-0.15, -0.1) is 0 Å². The van der Waals surface area contributed by atoms with E-state index in [0.717, 1.165) is 12.3 Å². The lowest BCUT2D eigenvalue weighted by Crippen LogP contribution is -2.23. The van der Waals surface area contributed by atoms with Crippen LogP contribution >= 0.6 is 0 Å². The van der Waals surface area contributed by atoms with Gasteiger partial charge in [-0.3, -0.25) is 0 Å². The van der Waals surface area contributed by atoms with Crippen molar-refractivity contribution in [3.63, 3.8) is 0 Å². The summed E-state index contributed by atoms with van der Waals surface area (Å²) in [4.78, 5) is 0. The highest BCUT2D eigenvalue weighted by Crippen LogP contribution is 2.21. The van der Waals surface area contributed by atoms with Gasteiger partial charge in [0.2, 0.25) is 0 Å². The number of nitrogens with one attached hydrogen (secondary N) is 1. The molecule has 0 heterocycles. The Morgan fingerprint density at radius 3 is 2.25 bits per heavy atom. The molecule has 2 heteroatoms. The average Bonchev–Trinajstić information content (AvgIpc) is 2.56. The minimum absolute atomic E-state index is 0.357. The summed E-state index contributed by atoms with van der Waals surface area (Å²) in [5, 5.41) is 12.2. The summed E-state index contributed by atoms with van der Waals surface area (Å²) < 4.78 is 0. The summed E-state index contributed by atoms with van der Waals surface area (Å²) in [5.74, 6) is 0.944. The van der Waals surface area contributed by atoms with Crippen LogP contribution in [0, 0.1) is 5.92 Å². The molecule has 1 rings (SSSR count). The van der Waals surface area contributed by atoms with E-state index in [9.17, 15) is 0 Å². The first-order chi connectivity index (χ1) is 7.93. The summed E-state index contributed by atoms with van der Waals surface area (Å²) in [5.41, 5.74) is 0. The zero-order chi connectivity index (χ0) is 11.5. The van der Waals surface area contributed by atoms with E-state index in [1.165, 1.54) is 70.9 Å². The molecule has 2 N–H and O–H groups in total. The molecule has 0 amide bonds. The summed E-state index contributed by atoms with van der Waals surface area (Å²) in [6.07, 6.45) is 13.4. The molecule has 1 aliphatic carbocycles. The van der Waals surface area contributed by atoms with Gasteiger partial charge in [0, 0.05) is 6.61 Å². The van der Waals surface area contributed by atoms with Gasteiger partial charge in [0.05, 0.1) is 0 Å². The van der Waals surface area contributed by atoms with Crippen molar-refractivity contribution in [3.8, 4) is 0 Å². The van der Waals surface area contributed by atoms with Gasteiger partial charge < -0.3 is 10.4 Å². The fraction of sp³-hybridized carbons (Fsp3) is 1.00. The Labute approximate surface area is 101 Å². The molecule has 0 atom stereocenters. The second kappa shape index (κ2) is 10.1. The first-order valence-electron chi connectivity index (χ1n) is 7.25. The molecular weight excluding hydrogens is 198 g/mol. The molecule has 1 aliphatic rings. The average molecular weight is 227 g/mol. The molecule has 0 bridgehead atoms. The van der Waals surface area contributed by atoms with E-state index < -0.39 is 0 Å². The standard InChI is InChI=1S/C14H29NO/c16-12-8-4-3-7-11-15-13-14-9-5-1-2-6-10-14/h14-16H,1-13H2. The van der Waals surface area contributed by atoms with Gasteiger partial charge in [0.15, 0.2) is 0 Å². The van der Waals surface area contributed by atoms with Gasteiger partial charge in [-0.2, -0.15) is 0 Å². The van der Waals surface area contributed by atoms with E-state index in [1.54, 1.807) is 0 Å². The van der Waals surface area contributed by atoms with Crippen LogP contribution in [0.25, 0.3) is 0 Å². The fourth-order valence-electron chi connectivity index (χ4n) is 2.59. The van der Waals surface area contributed by atoms with Crippen molar-refractivity contribution in [2.75, 3.05) is 19.7 Å². The number of rotatable bonds is 8. The molecule has 0 unspecified atom stereocenters. The summed E-state index contributed by atoms with van der Waals surface area (Å²) in [6, 6.07) is 0. The lowest BCUT2D eigenvalue weighted by Gasteiger charge is -2.14. The van der Waals surface area contributed by atoms with Crippen molar-refractivity contribution in [2.24, 2.45) is 5.92 Å². The quantitative estimate of drug-likeness (QED) is 0.493. The fourth-order valence-corrected chi connectivity index (χ4v) is 2.59. The minimum Gasteiger partial charge on any atom is -0.396 e. The van der Waals surface area contributed by atoms with Crippen LogP contribution in [0.5, 0.6) is 0 Å². The van der Waals surface area contributed by atoms with Crippen LogP contribution in [-0.2, 0) is 0 Å². The first-order valence-corrected chi connectivity index (χ1v) is 7.25. The van der Waals surface area contributed by atoms with Crippen molar-refractivity contribution in [2.45, 2.75) is 64.2 Å². The van der Waals surface area contributed by atoms with Crippen LogP contribution in [0.3, 0.4) is 0 Å². The van der Waals surface area contributed by atoms with Crippen molar-refractivity contribution in [3.05, 3.63) is 0 Å². The van der Waals surface area contributed by atoms with E-state index in [1.807, 2.05) is 0 Å². The van der Waals surface area contributed by atoms with E-state index in [0.29, 0.717) is 6.61 Å². The molecule has 0 spiro atoms. The lowest BCUT2D eigenvalue weighted by atomic mass is 10.0. The van der Waals surface area contributed by atoms with E-state index in [2.05, 4.69) is 5.32 Å². The predicted octanol–water partition coefficient (Wildman–Crippen LogP) is 3.10. The van der Waals surface area contributed by atoms with Crippen LogP contribution < -0.4 is 5.32 Å². The zero-order valence-corrected chi connectivity index (χ0v) is 10.7. The van der Waals surface area contributed by atoms with Crippen LogP contribution in [-0.4, -0.2) is 24.8 Å². The molecule has 0 aromatic heterocycles. The monoisotopic (exact) mass is 227 g/mol. The Morgan fingerprint density at radius 1 is 0.875 bits per heavy atom. The second-order valence-corrected chi connectivity index (χ2v) is 5.20. The molecule has 0 aromatic carbocycles. The normalized spacial score (nSPS) is 18.6. The van der Waals surface area contributed by atoms with Gasteiger partial charge in [0.25, 0.3) is 0 Å². The lowest BCUT2D eigenvalue weighted by molar-refractivity contribution is 0.282. The maximum absolute atomic E-state index is 8.65. The Morgan fingerprint density at radius 2 is 1.56 bits per heavy atom. The number of aliphatic hydroxyl groups is 1. The third kappa shape index (κ3) is 7.24. The van der Waals surface area contributed by atoms with Crippen LogP contribution in [0.15, 0.2) is 0 Å². The number of aliphatic hydroxyl groups excluding tert-OH is 1. The molecular formula is C14H29NO. The van der Waals surface area contributed by atoms with Crippen LogP contribution in [0.4, 0.5) is 0 Å².